The Kier molecular flexibility index (Phi) is 1.87. The molecule has 50 valence electrons. The largest absolute Gasteiger partial charge is 0.336 e. The summed E-state index contributed by atoms with van der Waals surface area (Å²) in [5.74, 6) is 0. The van der Waals surface area contributed by atoms with Crippen molar-refractivity contribution in [1.29, 1.82) is 0 Å². The van der Waals surface area contributed by atoms with Crippen molar-refractivity contribution >= 4 is 34.3 Å². The highest BCUT2D eigenvalue weighted by molar-refractivity contribution is 7.83. The van der Waals surface area contributed by atoms with Crippen LogP contribution in [0.4, 0.5) is 4.79 Å². The summed E-state index contributed by atoms with van der Waals surface area (Å²) in [7, 11) is 0. The van der Waals surface area contributed by atoms with Gasteiger partial charge in [0, 0.05) is 13.1 Å². The first-order valence-electron chi connectivity index (χ1n) is 2.46. The van der Waals surface area contributed by atoms with Gasteiger partial charge in [-0.05, 0) is 12.2 Å². The topological polar surface area (TPSA) is 32.3 Å². The van der Waals surface area contributed by atoms with Crippen LogP contribution >= 0.6 is 23.8 Å². The molecule has 3 nitrogen and oxygen atoms in total. The molecule has 2 amide bonds. The Morgan fingerprint density at radius 2 is 2.56 bits per heavy atom. The second-order valence-corrected chi connectivity index (χ2v) is 2.61. The first kappa shape index (κ1) is 6.77. The maximum absolute atomic E-state index is 10.7. The van der Waals surface area contributed by atoms with Crippen LogP contribution in [0.15, 0.2) is 0 Å². The van der Waals surface area contributed by atoms with Gasteiger partial charge in [0.1, 0.15) is 0 Å². The molecule has 0 aromatic carbocycles. The van der Waals surface area contributed by atoms with Gasteiger partial charge in [-0.15, -0.1) is 0 Å². The van der Waals surface area contributed by atoms with E-state index < -0.39 is 0 Å². The zero-order chi connectivity index (χ0) is 6.85. The van der Waals surface area contributed by atoms with Gasteiger partial charge in [-0.1, -0.05) is 11.6 Å². The summed E-state index contributed by atoms with van der Waals surface area (Å²) in [4.78, 5) is 12.0. The standard InChI is InChI=1S/C4H5ClN2OS/c5-3(9)7-2-1-6-4(7)8/h1-2H2,(H,6,8). The van der Waals surface area contributed by atoms with E-state index >= 15 is 0 Å². The molecular formula is C4H5ClN2OS. The number of carbonyl (C=O) groups excluding carboxylic acids is 1. The van der Waals surface area contributed by atoms with E-state index in [0.717, 1.165) is 0 Å². The molecule has 1 aliphatic rings. The molecule has 1 N–H and O–H groups in total. The summed E-state index contributed by atoms with van der Waals surface area (Å²) in [6.45, 7) is 1.22. The van der Waals surface area contributed by atoms with E-state index in [0.29, 0.717) is 13.1 Å². The third kappa shape index (κ3) is 1.31. The van der Waals surface area contributed by atoms with Crippen molar-refractivity contribution in [2.45, 2.75) is 0 Å². The zero-order valence-corrected chi connectivity index (χ0v) is 6.13. The van der Waals surface area contributed by atoms with Gasteiger partial charge >= 0.3 is 6.03 Å². The van der Waals surface area contributed by atoms with Crippen molar-refractivity contribution < 1.29 is 4.79 Å². The zero-order valence-electron chi connectivity index (χ0n) is 4.56. The van der Waals surface area contributed by atoms with Crippen LogP contribution in [0.2, 0.25) is 0 Å². The van der Waals surface area contributed by atoms with Crippen molar-refractivity contribution in [3.8, 4) is 0 Å². The third-order valence-corrected chi connectivity index (χ3v) is 1.49. The summed E-state index contributed by atoms with van der Waals surface area (Å²) in [6.07, 6.45) is 0. The second kappa shape index (κ2) is 2.49. The van der Waals surface area contributed by atoms with Crippen LogP contribution in [0, 0.1) is 0 Å². The molecule has 5 heteroatoms. The Hall–Kier alpha value is -0.350. The Balaban J connectivity index is 2.60. The molecule has 1 fully saturated rings. The van der Waals surface area contributed by atoms with E-state index in [4.69, 9.17) is 11.6 Å². The fourth-order valence-electron chi connectivity index (χ4n) is 0.639. The number of halogens is 1. The van der Waals surface area contributed by atoms with E-state index in [-0.39, 0.29) is 10.5 Å². The van der Waals surface area contributed by atoms with Crippen molar-refractivity contribution in [3.05, 3.63) is 0 Å². The maximum atomic E-state index is 10.7. The lowest BCUT2D eigenvalue weighted by molar-refractivity contribution is 0.235. The van der Waals surface area contributed by atoms with E-state index in [1.54, 1.807) is 0 Å². The average molecular weight is 165 g/mol. The lowest BCUT2D eigenvalue weighted by Crippen LogP contribution is -2.29. The van der Waals surface area contributed by atoms with Crippen molar-refractivity contribution in [3.63, 3.8) is 0 Å². The summed E-state index contributed by atoms with van der Waals surface area (Å²) < 4.78 is 0.116. The van der Waals surface area contributed by atoms with Crippen LogP contribution in [-0.4, -0.2) is 28.5 Å². The number of carbonyl (C=O) groups is 1. The summed E-state index contributed by atoms with van der Waals surface area (Å²) in [6, 6.07) is -0.199. The number of hydrogen-bond donors (Lipinski definition) is 1. The fourth-order valence-corrected chi connectivity index (χ4v) is 0.975. The molecule has 0 radical (unpaired) electrons. The molecule has 0 aromatic rings. The van der Waals surface area contributed by atoms with Gasteiger partial charge in [-0.3, -0.25) is 4.90 Å². The van der Waals surface area contributed by atoms with Crippen molar-refractivity contribution in [2.24, 2.45) is 0 Å². The molecule has 1 rings (SSSR count). The van der Waals surface area contributed by atoms with Gasteiger partial charge in [-0.2, -0.15) is 0 Å². The minimum Gasteiger partial charge on any atom is -0.336 e. The van der Waals surface area contributed by atoms with Gasteiger partial charge in [0.25, 0.3) is 0 Å². The highest BCUT2D eigenvalue weighted by Crippen LogP contribution is 2.01. The Morgan fingerprint density at radius 1 is 1.89 bits per heavy atom. The van der Waals surface area contributed by atoms with Crippen molar-refractivity contribution in [1.82, 2.24) is 10.2 Å². The minimum absolute atomic E-state index is 0.116. The Morgan fingerprint density at radius 3 is 2.78 bits per heavy atom. The monoisotopic (exact) mass is 164 g/mol. The molecule has 0 unspecified atom stereocenters. The summed E-state index contributed by atoms with van der Waals surface area (Å²) >= 11 is 9.94. The van der Waals surface area contributed by atoms with E-state index in [2.05, 4.69) is 17.5 Å². The summed E-state index contributed by atoms with van der Waals surface area (Å²) in [5, 5.41) is 2.57. The van der Waals surface area contributed by atoms with E-state index in [1.165, 1.54) is 4.90 Å². The van der Waals surface area contributed by atoms with Crippen LogP contribution in [0.1, 0.15) is 0 Å². The highest BCUT2D eigenvalue weighted by atomic mass is 35.5. The normalized spacial score (nSPS) is 17.9. The number of nitrogens with one attached hydrogen (secondary N) is 1. The molecule has 1 saturated heterocycles. The molecule has 0 spiro atoms. The van der Waals surface area contributed by atoms with Crippen LogP contribution in [0.3, 0.4) is 0 Å². The number of hydrogen-bond acceptors (Lipinski definition) is 2. The molecule has 0 saturated carbocycles. The molecule has 0 aromatic heterocycles. The number of rotatable bonds is 0. The Labute approximate surface area is 63.0 Å². The predicted octanol–water partition coefficient (Wildman–Crippen LogP) is 0.535. The molecule has 0 atom stereocenters. The number of thiocarbonyl (C=S) groups is 1. The Bertz CT molecular complexity index is 161. The quantitative estimate of drug-likeness (QED) is 0.322. The number of urea groups is 1. The lowest BCUT2D eigenvalue weighted by atomic mass is 10.7. The van der Waals surface area contributed by atoms with Crippen LogP contribution in [0.5, 0.6) is 0 Å². The van der Waals surface area contributed by atoms with Gasteiger partial charge in [-0.25, -0.2) is 4.79 Å². The van der Waals surface area contributed by atoms with Crippen LogP contribution < -0.4 is 5.32 Å². The molecule has 1 aliphatic heterocycles. The first-order valence-corrected chi connectivity index (χ1v) is 3.25. The average Bonchev–Trinajstić information content (AvgIpc) is 2.13. The fraction of sp³-hybridized carbons (Fsp3) is 0.500. The lowest BCUT2D eigenvalue weighted by Gasteiger charge is -2.07. The molecule has 0 bridgehead atoms. The third-order valence-electron chi connectivity index (χ3n) is 1.07. The van der Waals surface area contributed by atoms with Gasteiger partial charge in [0.05, 0.1) is 0 Å². The van der Waals surface area contributed by atoms with E-state index in [1.807, 2.05) is 0 Å². The van der Waals surface area contributed by atoms with Crippen LogP contribution in [0.25, 0.3) is 0 Å². The van der Waals surface area contributed by atoms with Gasteiger partial charge < -0.3 is 5.32 Å². The second-order valence-electron chi connectivity index (χ2n) is 1.64. The minimum atomic E-state index is -0.199. The highest BCUT2D eigenvalue weighted by Gasteiger charge is 2.21. The molecular weight excluding hydrogens is 160 g/mol. The number of nitrogens with zero attached hydrogens (tertiary/aromatic N) is 1. The molecule has 9 heavy (non-hydrogen) atoms. The van der Waals surface area contributed by atoms with E-state index in [9.17, 15) is 4.79 Å². The van der Waals surface area contributed by atoms with Crippen LogP contribution in [-0.2, 0) is 0 Å². The predicted molar refractivity (Wildman–Crippen MR) is 38.6 cm³/mol. The van der Waals surface area contributed by atoms with Crippen molar-refractivity contribution in [2.75, 3.05) is 13.1 Å². The molecule has 1 heterocycles. The first-order chi connectivity index (χ1) is 4.22. The van der Waals surface area contributed by atoms with Gasteiger partial charge in [0.2, 0.25) is 0 Å². The maximum Gasteiger partial charge on any atom is 0.323 e. The molecule has 0 aliphatic carbocycles. The van der Waals surface area contributed by atoms with Gasteiger partial charge in [0.15, 0.2) is 4.45 Å². The smallest absolute Gasteiger partial charge is 0.323 e. The SMILES string of the molecule is O=C1NCCN1C(=S)Cl. The summed E-state index contributed by atoms with van der Waals surface area (Å²) in [5.41, 5.74) is 0. The number of amides is 2.